The number of aliphatic carboxylic acids is 1. The van der Waals surface area contributed by atoms with Gasteiger partial charge in [-0.05, 0) is 19.3 Å². The van der Waals surface area contributed by atoms with E-state index in [9.17, 15) is 9.59 Å². The molecule has 0 spiro atoms. The predicted octanol–water partition coefficient (Wildman–Crippen LogP) is 1.08. The van der Waals surface area contributed by atoms with E-state index in [1.54, 1.807) is 0 Å². The number of hydrogen-bond acceptors (Lipinski definition) is 3. The summed E-state index contributed by atoms with van der Waals surface area (Å²) in [6.07, 6.45) is 2.71. The van der Waals surface area contributed by atoms with E-state index in [1.807, 2.05) is 0 Å². The number of carbonyl (C=O) groups is 2. The molecule has 1 heterocycles. The largest absolute Gasteiger partial charge is 0.481 e. The van der Waals surface area contributed by atoms with Crippen molar-refractivity contribution >= 4 is 12.1 Å². The molecule has 0 atom stereocenters. The van der Waals surface area contributed by atoms with Crippen molar-refractivity contribution in [3.05, 3.63) is 0 Å². The molecule has 15 heavy (non-hydrogen) atoms. The van der Waals surface area contributed by atoms with Crippen LogP contribution in [0.25, 0.3) is 0 Å². The number of cyclic esters (lactones) is 1. The van der Waals surface area contributed by atoms with Crippen LogP contribution >= 0.6 is 0 Å². The van der Waals surface area contributed by atoms with Gasteiger partial charge >= 0.3 is 12.1 Å². The molecule has 84 valence electrons. The number of carbonyl (C=O) groups excluding carboxylic acids is 1. The van der Waals surface area contributed by atoms with Crippen LogP contribution in [0.5, 0.6) is 0 Å². The van der Waals surface area contributed by atoms with Crippen LogP contribution < -0.4 is 0 Å². The quantitative estimate of drug-likeness (QED) is 0.761. The average molecular weight is 213 g/mol. The molecule has 2 aliphatic rings. The summed E-state index contributed by atoms with van der Waals surface area (Å²) in [7, 11) is 0. The highest BCUT2D eigenvalue weighted by molar-refractivity contribution is 5.77. The van der Waals surface area contributed by atoms with Crippen molar-refractivity contribution in [1.82, 2.24) is 4.90 Å². The third-order valence-electron chi connectivity index (χ3n) is 3.31. The fourth-order valence-corrected chi connectivity index (χ4v) is 2.15. The van der Waals surface area contributed by atoms with E-state index < -0.39 is 11.4 Å². The minimum atomic E-state index is -0.785. The maximum atomic E-state index is 11.3. The van der Waals surface area contributed by atoms with Gasteiger partial charge in [-0.15, -0.1) is 0 Å². The van der Waals surface area contributed by atoms with E-state index in [0.717, 1.165) is 12.8 Å². The first-order chi connectivity index (χ1) is 7.14. The van der Waals surface area contributed by atoms with Crippen LogP contribution in [0.3, 0.4) is 0 Å². The van der Waals surface area contributed by atoms with Crippen molar-refractivity contribution in [1.29, 1.82) is 0 Å². The number of rotatable bonds is 3. The summed E-state index contributed by atoms with van der Waals surface area (Å²) in [5.41, 5.74) is -0.698. The first-order valence-electron chi connectivity index (χ1n) is 5.29. The van der Waals surface area contributed by atoms with E-state index in [2.05, 4.69) is 0 Å². The number of nitrogens with zero attached hydrogens (tertiary/aromatic N) is 1. The lowest BCUT2D eigenvalue weighted by molar-refractivity contribution is -0.156. The van der Waals surface area contributed by atoms with Crippen LogP contribution in [-0.2, 0) is 9.53 Å². The lowest BCUT2D eigenvalue weighted by Gasteiger charge is -2.41. The molecule has 1 aliphatic carbocycles. The Labute approximate surface area is 88.0 Å². The minimum absolute atomic E-state index is 0.307. The summed E-state index contributed by atoms with van der Waals surface area (Å²) in [4.78, 5) is 24.0. The van der Waals surface area contributed by atoms with Crippen LogP contribution in [0.2, 0.25) is 0 Å². The molecule has 0 radical (unpaired) electrons. The van der Waals surface area contributed by atoms with E-state index in [1.165, 1.54) is 4.90 Å². The molecule has 1 saturated heterocycles. The van der Waals surface area contributed by atoms with Crippen molar-refractivity contribution in [2.24, 2.45) is 5.41 Å². The Hall–Kier alpha value is -1.26. The number of ether oxygens (including phenoxy) is 1. The Morgan fingerprint density at radius 3 is 2.67 bits per heavy atom. The molecule has 0 aromatic carbocycles. The van der Waals surface area contributed by atoms with Gasteiger partial charge in [0.15, 0.2) is 0 Å². The van der Waals surface area contributed by atoms with E-state index in [0.29, 0.717) is 32.5 Å². The highest BCUT2D eigenvalue weighted by Gasteiger charge is 2.46. The Balaban J connectivity index is 2.00. The maximum Gasteiger partial charge on any atom is 0.409 e. The lowest BCUT2D eigenvalue weighted by atomic mass is 9.68. The van der Waals surface area contributed by atoms with Crippen molar-refractivity contribution in [3.63, 3.8) is 0 Å². The second kappa shape index (κ2) is 3.72. The number of carboxylic acid groups (broad SMARTS) is 1. The van der Waals surface area contributed by atoms with Gasteiger partial charge in [0.25, 0.3) is 0 Å². The molecule has 1 amide bonds. The molecule has 0 unspecified atom stereocenters. The smallest absolute Gasteiger partial charge is 0.409 e. The monoisotopic (exact) mass is 213 g/mol. The summed E-state index contributed by atoms with van der Waals surface area (Å²) in [6.45, 7) is 1.38. The summed E-state index contributed by atoms with van der Waals surface area (Å²) in [5.74, 6) is -0.785. The molecule has 2 rings (SSSR count). The van der Waals surface area contributed by atoms with Crippen LogP contribution in [0.1, 0.15) is 25.7 Å². The Kier molecular flexibility index (Phi) is 2.54. The normalized spacial score (nSPS) is 24.3. The lowest BCUT2D eigenvalue weighted by Crippen LogP contribution is -2.51. The molecule has 0 aromatic rings. The summed E-state index contributed by atoms with van der Waals surface area (Å²) >= 11 is 0. The van der Waals surface area contributed by atoms with Crippen LogP contribution in [0.4, 0.5) is 4.79 Å². The van der Waals surface area contributed by atoms with Gasteiger partial charge < -0.3 is 14.7 Å². The first-order valence-corrected chi connectivity index (χ1v) is 5.29. The number of amides is 1. The van der Waals surface area contributed by atoms with Crippen molar-refractivity contribution in [2.75, 3.05) is 19.7 Å². The Morgan fingerprint density at radius 1 is 1.47 bits per heavy atom. The van der Waals surface area contributed by atoms with Gasteiger partial charge in [-0.2, -0.15) is 0 Å². The number of carboxylic acids is 1. The molecular formula is C10H15NO4. The molecule has 1 N–H and O–H groups in total. The van der Waals surface area contributed by atoms with Gasteiger partial charge in [0.2, 0.25) is 0 Å². The molecule has 5 heteroatoms. The Bertz CT molecular complexity index is 285. The maximum absolute atomic E-state index is 11.3. The van der Waals surface area contributed by atoms with Gasteiger partial charge in [0.05, 0.1) is 12.0 Å². The number of hydrogen-bond donors (Lipinski definition) is 1. The highest BCUT2D eigenvalue weighted by atomic mass is 16.6. The fraction of sp³-hybridized carbons (Fsp3) is 0.800. The van der Waals surface area contributed by atoms with Crippen molar-refractivity contribution < 1.29 is 19.4 Å². The SMILES string of the molecule is O=C1OCCCN1CC1(C(=O)O)CCC1. The first kappa shape index (κ1) is 10.3. The third-order valence-corrected chi connectivity index (χ3v) is 3.31. The van der Waals surface area contributed by atoms with E-state index in [4.69, 9.17) is 9.84 Å². The van der Waals surface area contributed by atoms with Gasteiger partial charge in [0.1, 0.15) is 0 Å². The summed E-state index contributed by atoms with van der Waals surface area (Å²) in [6, 6.07) is 0. The molecule has 2 fully saturated rings. The molecule has 1 aliphatic heterocycles. The fourth-order valence-electron chi connectivity index (χ4n) is 2.15. The van der Waals surface area contributed by atoms with Crippen LogP contribution in [0.15, 0.2) is 0 Å². The molecular weight excluding hydrogens is 198 g/mol. The summed E-state index contributed by atoms with van der Waals surface area (Å²) < 4.78 is 4.88. The standard InChI is InChI=1S/C10H15NO4/c12-8(13)10(3-1-4-10)7-11-5-2-6-15-9(11)14/h1-7H2,(H,12,13). The van der Waals surface area contributed by atoms with Gasteiger partial charge in [0, 0.05) is 13.1 Å². The van der Waals surface area contributed by atoms with Gasteiger partial charge in [-0.3, -0.25) is 4.79 Å². The zero-order valence-corrected chi connectivity index (χ0v) is 8.57. The predicted molar refractivity (Wildman–Crippen MR) is 51.5 cm³/mol. The van der Waals surface area contributed by atoms with Crippen molar-refractivity contribution in [2.45, 2.75) is 25.7 Å². The zero-order valence-electron chi connectivity index (χ0n) is 8.57. The topological polar surface area (TPSA) is 66.8 Å². The van der Waals surface area contributed by atoms with Crippen molar-refractivity contribution in [3.8, 4) is 0 Å². The molecule has 5 nitrogen and oxygen atoms in total. The minimum Gasteiger partial charge on any atom is -0.481 e. The molecule has 0 bridgehead atoms. The average Bonchev–Trinajstić information content (AvgIpc) is 2.13. The second-order valence-electron chi connectivity index (χ2n) is 4.33. The zero-order chi connectivity index (χ0) is 10.9. The highest BCUT2D eigenvalue weighted by Crippen LogP contribution is 2.42. The Morgan fingerprint density at radius 2 is 2.20 bits per heavy atom. The van der Waals surface area contributed by atoms with Gasteiger partial charge in [-0.25, -0.2) is 4.79 Å². The second-order valence-corrected chi connectivity index (χ2v) is 4.33. The van der Waals surface area contributed by atoms with Crippen LogP contribution in [0, 0.1) is 5.41 Å². The van der Waals surface area contributed by atoms with E-state index >= 15 is 0 Å². The van der Waals surface area contributed by atoms with Crippen LogP contribution in [-0.4, -0.2) is 41.8 Å². The summed E-state index contributed by atoms with van der Waals surface area (Å²) in [5, 5.41) is 9.12. The van der Waals surface area contributed by atoms with Gasteiger partial charge in [-0.1, -0.05) is 6.42 Å². The van der Waals surface area contributed by atoms with E-state index in [-0.39, 0.29) is 6.09 Å². The third kappa shape index (κ3) is 1.78. The molecule has 0 aromatic heterocycles. The molecule has 1 saturated carbocycles.